The first kappa shape index (κ1) is 9.98. The van der Waals surface area contributed by atoms with Gasteiger partial charge in [0.2, 0.25) is 5.95 Å². The zero-order valence-electron chi connectivity index (χ0n) is 7.51. The maximum atomic E-state index is 10.7. The van der Waals surface area contributed by atoms with Crippen LogP contribution in [0, 0.1) is 12.3 Å². The predicted molar refractivity (Wildman–Crippen MR) is 47.3 cm³/mol. The van der Waals surface area contributed by atoms with E-state index in [0.717, 1.165) is 0 Å². The number of tetrazole rings is 1. The van der Waals surface area contributed by atoms with Crippen molar-refractivity contribution in [2.75, 3.05) is 5.32 Å². The lowest BCUT2D eigenvalue weighted by Gasteiger charge is -2.10. The van der Waals surface area contributed by atoms with Crippen molar-refractivity contribution in [3.63, 3.8) is 0 Å². The molecule has 1 unspecified atom stereocenters. The number of aromatic nitrogens is 4. The van der Waals surface area contributed by atoms with Crippen molar-refractivity contribution in [3.8, 4) is 12.3 Å². The molecule has 2 N–H and O–H groups in total. The molecule has 74 valence electrons. The largest absolute Gasteiger partial charge is 0.480 e. The van der Waals surface area contributed by atoms with Gasteiger partial charge in [-0.1, -0.05) is 5.10 Å². The Balaban J connectivity index is 2.70. The molecule has 0 aliphatic carbocycles. The van der Waals surface area contributed by atoms with Crippen molar-refractivity contribution in [1.82, 2.24) is 20.2 Å². The van der Waals surface area contributed by atoms with Crippen molar-refractivity contribution in [1.29, 1.82) is 0 Å². The average molecular weight is 195 g/mol. The molecule has 0 fully saturated rings. The lowest BCUT2D eigenvalue weighted by atomic mass is 10.2. The number of nitrogens with zero attached hydrogens (tertiary/aromatic N) is 4. The van der Waals surface area contributed by atoms with Gasteiger partial charge >= 0.3 is 5.97 Å². The summed E-state index contributed by atoms with van der Waals surface area (Å²) in [6.45, 7) is 0. The van der Waals surface area contributed by atoms with Crippen LogP contribution in [0.15, 0.2) is 0 Å². The number of terminal acetylenes is 1. The van der Waals surface area contributed by atoms with Crippen LogP contribution in [0.25, 0.3) is 0 Å². The smallest absolute Gasteiger partial charge is 0.327 e. The molecule has 14 heavy (non-hydrogen) atoms. The second-order valence-electron chi connectivity index (χ2n) is 2.57. The zero-order chi connectivity index (χ0) is 10.6. The Morgan fingerprint density at radius 2 is 2.57 bits per heavy atom. The van der Waals surface area contributed by atoms with Crippen LogP contribution in [-0.2, 0) is 11.8 Å². The van der Waals surface area contributed by atoms with Gasteiger partial charge in [0.15, 0.2) is 0 Å². The van der Waals surface area contributed by atoms with E-state index in [-0.39, 0.29) is 12.4 Å². The highest BCUT2D eigenvalue weighted by molar-refractivity contribution is 5.76. The van der Waals surface area contributed by atoms with E-state index in [1.807, 2.05) is 0 Å². The minimum atomic E-state index is -1.04. The van der Waals surface area contributed by atoms with E-state index >= 15 is 0 Å². The summed E-state index contributed by atoms with van der Waals surface area (Å²) in [4.78, 5) is 10.7. The first-order valence-corrected chi connectivity index (χ1v) is 3.80. The number of carboxylic acid groups (broad SMARTS) is 1. The third kappa shape index (κ3) is 2.20. The maximum Gasteiger partial charge on any atom is 0.327 e. The normalized spacial score (nSPS) is 11.7. The lowest BCUT2D eigenvalue weighted by molar-refractivity contribution is -0.137. The quantitative estimate of drug-likeness (QED) is 0.605. The average Bonchev–Trinajstić information content (AvgIpc) is 2.51. The summed E-state index contributed by atoms with van der Waals surface area (Å²) in [5, 5.41) is 21.8. The molecule has 0 saturated heterocycles. The highest BCUT2D eigenvalue weighted by Crippen LogP contribution is 2.02. The summed E-state index contributed by atoms with van der Waals surface area (Å²) in [6, 6.07) is -0.871. The fourth-order valence-electron chi connectivity index (χ4n) is 0.825. The van der Waals surface area contributed by atoms with Crippen LogP contribution in [-0.4, -0.2) is 37.3 Å². The number of hydrogen-bond donors (Lipinski definition) is 2. The standard InChI is InChI=1S/C7H9N5O2/c1-3-4-5(6(13)14)8-7-9-10-11-12(7)2/h1,5H,4H2,2H3,(H,13,14)(H,8,9,11). The van der Waals surface area contributed by atoms with Gasteiger partial charge < -0.3 is 10.4 Å². The van der Waals surface area contributed by atoms with E-state index in [2.05, 4.69) is 26.8 Å². The van der Waals surface area contributed by atoms with Gasteiger partial charge in [-0.15, -0.1) is 12.3 Å². The molecule has 0 radical (unpaired) electrons. The Hall–Kier alpha value is -2.10. The van der Waals surface area contributed by atoms with Crippen LogP contribution in [0.2, 0.25) is 0 Å². The molecule has 0 aromatic carbocycles. The SMILES string of the molecule is C#CCC(Nc1nnnn1C)C(=O)O. The molecule has 1 atom stereocenters. The van der Waals surface area contributed by atoms with Crippen LogP contribution in [0.3, 0.4) is 0 Å². The molecular weight excluding hydrogens is 186 g/mol. The minimum absolute atomic E-state index is 0.0716. The van der Waals surface area contributed by atoms with Crippen LogP contribution in [0.1, 0.15) is 6.42 Å². The second-order valence-corrected chi connectivity index (χ2v) is 2.57. The van der Waals surface area contributed by atoms with E-state index in [4.69, 9.17) is 11.5 Å². The van der Waals surface area contributed by atoms with Gasteiger partial charge in [0.25, 0.3) is 0 Å². The third-order valence-corrected chi connectivity index (χ3v) is 1.54. The molecule has 0 amide bonds. The summed E-state index contributed by atoms with van der Waals surface area (Å²) in [5.41, 5.74) is 0. The first-order valence-electron chi connectivity index (χ1n) is 3.80. The van der Waals surface area contributed by atoms with Gasteiger partial charge in [-0.25, -0.2) is 9.48 Å². The van der Waals surface area contributed by atoms with Crippen molar-refractivity contribution in [2.45, 2.75) is 12.5 Å². The third-order valence-electron chi connectivity index (χ3n) is 1.54. The summed E-state index contributed by atoms with van der Waals surface area (Å²) >= 11 is 0. The number of aryl methyl sites for hydroxylation is 1. The number of carbonyl (C=O) groups is 1. The van der Waals surface area contributed by atoms with Crippen molar-refractivity contribution in [3.05, 3.63) is 0 Å². The Bertz CT molecular complexity index is 366. The summed E-state index contributed by atoms with van der Waals surface area (Å²) in [6.07, 6.45) is 5.09. The molecule has 0 bridgehead atoms. The van der Waals surface area contributed by atoms with Crippen molar-refractivity contribution < 1.29 is 9.90 Å². The van der Waals surface area contributed by atoms with Crippen LogP contribution < -0.4 is 5.32 Å². The van der Waals surface area contributed by atoms with E-state index in [0.29, 0.717) is 0 Å². The lowest BCUT2D eigenvalue weighted by Crippen LogP contribution is -2.30. The number of anilines is 1. The van der Waals surface area contributed by atoms with Crippen molar-refractivity contribution >= 4 is 11.9 Å². The van der Waals surface area contributed by atoms with Crippen LogP contribution in [0.4, 0.5) is 5.95 Å². The number of carboxylic acids is 1. The number of aliphatic carboxylic acids is 1. The van der Waals surface area contributed by atoms with Gasteiger partial charge in [0, 0.05) is 13.5 Å². The zero-order valence-corrected chi connectivity index (χ0v) is 7.51. The summed E-state index contributed by atoms with van der Waals surface area (Å²) < 4.78 is 1.33. The molecule has 1 aromatic rings. The Kier molecular flexibility index (Phi) is 3.01. The number of rotatable bonds is 4. The summed E-state index contributed by atoms with van der Waals surface area (Å²) in [7, 11) is 1.59. The number of nitrogens with one attached hydrogen (secondary N) is 1. The Morgan fingerprint density at radius 3 is 3.00 bits per heavy atom. The minimum Gasteiger partial charge on any atom is -0.480 e. The molecule has 0 saturated carbocycles. The molecule has 0 aliphatic rings. The van der Waals surface area contributed by atoms with E-state index in [1.54, 1.807) is 7.05 Å². The molecule has 0 aliphatic heterocycles. The Labute approximate surface area is 80.1 Å². The first-order chi connectivity index (χ1) is 6.65. The highest BCUT2D eigenvalue weighted by atomic mass is 16.4. The van der Waals surface area contributed by atoms with Crippen LogP contribution >= 0.6 is 0 Å². The molecule has 1 rings (SSSR count). The van der Waals surface area contributed by atoms with E-state index < -0.39 is 12.0 Å². The molecule has 7 nitrogen and oxygen atoms in total. The van der Waals surface area contributed by atoms with Gasteiger partial charge in [0.1, 0.15) is 6.04 Å². The highest BCUT2D eigenvalue weighted by Gasteiger charge is 2.17. The van der Waals surface area contributed by atoms with E-state index in [1.165, 1.54) is 4.68 Å². The van der Waals surface area contributed by atoms with Gasteiger partial charge in [-0.05, 0) is 10.4 Å². The molecule has 1 heterocycles. The topological polar surface area (TPSA) is 92.9 Å². The monoisotopic (exact) mass is 195 g/mol. The fourth-order valence-corrected chi connectivity index (χ4v) is 0.825. The fraction of sp³-hybridized carbons (Fsp3) is 0.429. The predicted octanol–water partition coefficient (Wildman–Crippen LogP) is -0.901. The van der Waals surface area contributed by atoms with Gasteiger partial charge in [-0.2, -0.15) is 0 Å². The summed E-state index contributed by atoms with van der Waals surface area (Å²) in [5.74, 6) is 1.49. The van der Waals surface area contributed by atoms with Crippen molar-refractivity contribution in [2.24, 2.45) is 7.05 Å². The molecule has 0 spiro atoms. The molecular formula is C7H9N5O2. The Morgan fingerprint density at radius 1 is 1.86 bits per heavy atom. The second kappa shape index (κ2) is 4.23. The van der Waals surface area contributed by atoms with Gasteiger partial charge in [0.05, 0.1) is 0 Å². The van der Waals surface area contributed by atoms with Crippen LogP contribution in [0.5, 0.6) is 0 Å². The maximum absolute atomic E-state index is 10.7. The van der Waals surface area contributed by atoms with E-state index in [9.17, 15) is 4.79 Å². The molecule has 7 heteroatoms. The molecule has 1 aromatic heterocycles. The van der Waals surface area contributed by atoms with Gasteiger partial charge in [-0.3, -0.25) is 0 Å². The number of hydrogen-bond acceptors (Lipinski definition) is 5.